The summed E-state index contributed by atoms with van der Waals surface area (Å²) < 4.78 is 44.3. The summed E-state index contributed by atoms with van der Waals surface area (Å²) in [6, 6.07) is 15.7. The van der Waals surface area contributed by atoms with Gasteiger partial charge < -0.3 is 9.84 Å². The summed E-state index contributed by atoms with van der Waals surface area (Å²) in [5.41, 5.74) is -0.106. The molecule has 3 nitrogen and oxygen atoms in total. The van der Waals surface area contributed by atoms with E-state index in [2.05, 4.69) is 0 Å². The fourth-order valence-electron chi connectivity index (χ4n) is 2.55. The van der Waals surface area contributed by atoms with E-state index < -0.39 is 24.3 Å². The number of carboxylic acids is 1. The highest BCUT2D eigenvalue weighted by atomic mass is 19.4. The molecular weight excluding hydrogens is 333 g/mol. The van der Waals surface area contributed by atoms with E-state index in [-0.39, 0.29) is 11.3 Å². The lowest BCUT2D eigenvalue weighted by atomic mass is 9.98. The molecule has 0 unspecified atom stereocenters. The molecule has 128 valence electrons. The lowest BCUT2D eigenvalue weighted by molar-refractivity contribution is -0.140. The molecule has 3 aromatic rings. The molecule has 0 aromatic heterocycles. The summed E-state index contributed by atoms with van der Waals surface area (Å²) in [5.74, 6) is -1.12. The van der Waals surface area contributed by atoms with Gasteiger partial charge in [0, 0.05) is 5.56 Å². The van der Waals surface area contributed by atoms with Gasteiger partial charge in [-0.1, -0.05) is 36.4 Å². The molecule has 0 spiro atoms. The van der Waals surface area contributed by atoms with Gasteiger partial charge in [-0.25, -0.2) is 4.79 Å². The molecule has 1 N–H and O–H groups in total. The lowest BCUT2D eigenvalue weighted by Gasteiger charge is -2.14. The van der Waals surface area contributed by atoms with Crippen molar-refractivity contribution < 1.29 is 27.8 Å². The van der Waals surface area contributed by atoms with Crippen molar-refractivity contribution in [1.82, 2.24) is 0 Å². The minimum atomic E-state index is -4.50. The highest BCUT2D eigenvalue weighted by molar-refractivity contribution is 5.88. The quantitative estimate of drug-likeness (QED) is 0.724. The first-order valence-corrected chi connectivity index (χ1v) is 7.39. The average Bonchev–Trinajstić information content (AvgIpc) is 2.58. The first-order chi connectivity index (χ1) is 11.8. The molecular formula is C19H13F3O3. The van der Waals surface area contributed by atoms with Crippen LogP contribution in [0.4, 0.5) is 13.2 Å². The van der Waals surface area contributed by atoms with Crippen LogP contribution < -0.4 is 4.74 Å². The van der Waals surface area contributed by atoms with Gasteiger partial charge in [0.15, 0.2) is 6.61 Å². The van der Waals surface area contributed by atoms with Crippen LogP contribution in [0.3, 0.4) is 0 Å². The van der Waals surface area contributed by atoms with Crippen LogP contribution in [0.2, 0.25) is 0 Å². The van der Waals surface area contributed by atoms with E-state index in [0.717, 1.165) is 29.0 Å². The maximum atomic E-state index is 13.0. The van der Waals surface area contributed by atoms with Gasteiger partial charge in [-0.05, 0) is 40.6 Å². The van der Waals surface area contributed by atoms with E-state index in [1.54, 1.807) is 18.2 Å². The Hall–Kier alpha value is -3.02. The number of carbonyl (C=O) groups is 1. The van der Waals surface area contributed by atoms with Crippen molar-refractivity contribution in [3.63, 3.8) is 0 Å². The number of alkyl halides is 3. The van der Waals surface area contributed by atoms with Crippen LogP contribution in [0.5, 0.6) is 5.75 Å². The summed E-state index contributed by atoms with van der Waals surface area (Å²) >= 11 is 0. The van der Waals surface area contributed by atoms with Crippen molar-refractivity contribution in [2.24, 2.45) is 0 Å². The van der Waals surface area contributed by atoms with Crippen LogP contribution in [0.25, 0.3) is 21.9 Å². The fraction of sp³-hybridized carbons (Fsp3) is 0.105. The SMILES string of the molecule is O=C(O)COc1ccc(C(F)(F)F)cc1-c1ccc2ccccc2c1. The van der Waals surface area contributed by atoms with Gasteiger partial charge in [0.25, 0.3) is 0 Å². The number of hydrogen-bond donors (Lipinski definition) is 1. The van der Waals surface area contributed by atoms with E-state index >= 15 is 0 Å². The monoisotopic (exact) mass is 346 g/mol. The Bertz CT molecular complexity index is 933. The molecule has 0 aliphatic rings. The van der Waals surface area contributed by atoms with Crippen LogP contribution in [0.1, 0.15) is 5.56 Å². The zero-order valence-corrected chi connectivity index (χ0v) is 12.9. The Morgan fingerprint density at radius 2 is 1.68 bits per heavy atom. The van der Waals surface area contributed by atoms with Gasteiger partial charge in [-0.3, -0.25) is 0 Å². The average molecular weight is 346 g/mol. The lowest BCUT2D eigenvalue weighted by Crippen LogP contribution is -2.11. The topological polar surface area (TPSA) is 46.5 Å². The first-order valence-electron chi connectivity index (χ1n) is 7.39. The Balaban J connectivity index is 2.13. The second-order valence-corrected chi connectivity index (χ2v) is 5.45. The second-order valence-electron chi connectivity index (χ2n) is 5.45. The van der Waals surface area contributed by atoms with Gasteiger partial charge in [-0.15, -0.1) is 0 Å². The molecule has 0 saturated carbocycles. The minimum Gasteiger partial charge on any atom is -0.481 e. The normalized spacial score (nSPS) is 11.5. The van der Waals surface area contributed by atoms with E-state index in [4.69, 9.17) is 9.84 Å². The summed E-state index contributed by atoms with van der Waals surface area (Å²) in [4.78, 5) is 10.7. The van der Waals surface area contributed by atoms with Crippen LogP contribution in [-0.2, 0) is 11.0 Å². The van der Waals surface area contributed by atoms with Crippen molar-refractivity contribution in [2.45, 2.75) is 6.18 Å². The third-order valence-electron chi connectivity index (χ3n) is 3.72. The third-order valence-corrected chi connectivity index (χ3v) is 3.72. The highest BCUT2D eigenvalue weighted by Crippen LogP contribution is 2.38. The Kier molecular flexibility index (Phi) is 4.35. The molecule has 3 rings (SSSR count). The number of carboxylic acid groups (broad SMARTS) is 1. The van der Waals surface area contributed by atoms with Crippen molar-refractivity contribution in [3.05, 3.63) is 66.2 Å². The maximum absolute atomic E-state index is 13.0. The predicted octanol–water partition coefficient (Wildman–Crippen LogP) is 4.99. The van der Waals surface area contributed by atoms with Gasteiger partial charge in [0.2, 0.25) is 0 Å². The maximum Gasteiger partial charge on any atom is 0.416 e. The number of aliphatic carboxylic acids is 1. The Morgan fingerprint density at radius 3 is 2.36 bits per heavy atom. The van der Waals surface area contributed by atoms with E-state index in [9.17, 15) is 18.0 Å². The summed E-state index contributed by atoms with van der Waals surface area (Å²) in [6.07, 6.45) is -4.50. The van der Waals surface area contributed by atoms with Crippen molar-refractivity contribution in [3.8, 4) is 16.9 Å². The number of hydrogen-bond acceptors (Lipinski definition) is 2. The molecule has 0 amide bonds. The standard InChI is InChI=1S/C19H13F3O3/c20-19(21,22)15-7-8-17(25-11-18(23)24)16(10-15)14-6-5-12-3-1-2-4-13(12)9-14/h1-10H,11H2,(H,23,24). The zero-order chi connectivity index (χ0) is 18.0. The van der Waals surface area contributed by atoms with Gasteiger partial charge in [0.05, 0.1) is 5.56 Å². The van der Waals surface area contributed by atoms with Crippen LogP contribution in [0.15, 0.2) is 60.7 Å². The van der Waals surface area contributed by atoms with Crippen LogP contribution in [-0.4, -0.2) is 17.7 Å². The molecule has 0 atom stereocenters. The van der Waals surface area contributed by atoms with Crippen molar-refractivity contribution >= 4 is 16.7 Å². The number of fused-ring (bicyclic) bond motifs is 1. The fourth-order valence-corrected chi connectivity index (χ4v) is 2.55. The minimum absolute atomic E-state index is 0.0886. The number of benzene rings is 3. The summed E-state index contributed by atoms with van der Waals surface area (Å²) in [5, 5.41) is 10.6. The zero-order valence-electron chi connectivity index (χ0n) is 12.9. The van der Waals surface area contributed by atoms with E-state index in [1.165, 1.54) is 0 Å². The predicted molar refractivity (Wildman–Crippen MR) is 87.5 cm³/mol. The molecule has 3 aromatic carbocycles. The van der Waals surface area contributed by atoms with Gasteiger partial charge in [0.1, 0.15) is 5.75 Å². The molecule has 0 fully saturated rings. The number of rotatable bonds is 4. The van der Waals surface area contributed by atoms with Gasteiger partial charge >= 0.3 is 12.1 Å². The molecule has 6 heteroatoms. The second kappa shape index (κ2) is 6.47. The molecule has 0 bridgehead atoms. The van der Waals surface area contributed by atoms with Crippen molar-refractivity contribution in [1.29, 1.82) is 0 Å². The Morgan fingerprint density at radius 1 is 0.960 bits per heavy atom. The number of ether oxygens (including phenoxy) is 1. The molecule has 0 aliphatic carbocycles. The third kappa shape index (κ3) is 3.74. The molecule has 0 saturated heterocycles. The highest BCUT2D eigenvalue weighted by Gasteiger charge is 2.31. The smallest absolute Gasteiger partial charge is 0.416 e. The number of halogens is 3. The van der Waals surface area contributed by atoms with Crippen molar-refractivity contribution in [2.75, 3.05) is 6.61 Å². The molecule has 0 radical (unpaired) electrons. The van der Waals surface area contributed by atoms with Crippen LogP contribution in [0, 0.1) is 0 Å². The summed E-state index contributed by atoms with van der Waals surface area (Å²) in [7, 11) is 0. The molecule has 25 heavy (non-hydrogen) atoms. The first kappa shape index (κ1) is 16.8. The van der Waals surface area contributed by atoms with Crippen LogP contribution >= 0.6 is 0 Å². The molecule has 0 aliphatic heterocycles. The van der Waals surface area contributed by atoms with Gasteiger partial charge in [-0.2, -0.15) is 13.2 Å². The Labute approximate surface area is 141 Å². The molecule has 0 heterocycles. The van der Waals surface area contributed by atoms with E-state index in [0.29, 0.717) is 5.56 Å². The van der Waals surface area contributed by atoms with E-state index in [1.807, 2.05) is 24.3 Å². The largest absolute Gasteiger partial charge is 0.481 e. The summed E-state index contributed by atoms with van der Waals surface area (Å²) in [6.45, 7) is -0.633.